The molecule has 1 heterocycles. The van der Waals surface area contributed by atoms with Crippen LogP contribution < -0.4 is 5.43 Å². The van der Waals surface area contributed by atoms with Gasteiger partial charge in [-0.25, -0.2) is 10.4 Å². The molecular formula is C14H13N3O2S. The van der Waals surface area contributed by atoms with Crippen LogP contribution in [-0.2, 0) is 4.79 Å². The first-order chi connectivity index (χ1) is 9.74. The van der Waals surface area contributed by atoms with E-state index in [1.165, 1.54) is 18.0 Å². The number of nitrogens with zero attached hydrogens (tertiary/aromatic N) is 2. The van der Waals surface area contributed by atoms with Crippen LogP contribution in [0.15, 0.2) is 58.8 Å². The van der Waals surface area contributed by atoms with Crippen LogP contribution >= 0.6 is 11.8 Å². The Morgan fingerprint density at radius 3 is 2.80 bits per heavy atom. The molecule has 0 aliphatic heterocycles. The van der Waals surface area contributed by atoms with Crippen LogP contribution in [0.4, 0.5) is 0 Å². The van der Waals surface area contributed by atoms with Crippen molar-refractivity contribution in [2.45, 2.75) is 5.03 Å². The minimum atomic E-state index is -0.198. The Balaban J connectivity index is 1.76. The second kappa shape index (κ2) is 7.30. The molecule has 0 saturated carbocycles. The molecule has 6 heteroatoms. The van der Waals surface area contributed by atoms with Gasteiger partial charge in [0.2, 0.25) is 5.91 Å². The van der Waals surface area contributed by atoms with Crippen LogP contribution in [0.5, 0.6) is 5.75 Å². The van der Waals surface area contributed by atoms with Gasteiger partial charge in [0.15, 0.2) is 0 Å². The molecule has 102 valence electrons. The van der Waals surface area contributed by atoms with Crippen molar-refractivity contribution in [3.05, 3.63) is 54.2 Å². The highest BCUT2D eigenvalue weighted by Crippen LogP contribution is 2.13. The van der Waals surface area contributed by atoms with Gasteiger partial charge >= 0.3 is 0 Å². The number of phenolic OH excluding ortho intramolecular Hbond substituents is 1. The van der Waals surface area contributed by atoms with Crippen LogP contribution in [0.2, 0.25) is 0 Å². The van der Waals surface area contributed by atoms with Crippen molar-refractivity contribution in [1.29, 1.82) is 0 Å². The zero-order chi connectivity index (χ0) is 14.2. The van der Waals surface area contributed by atoms with E-state index < -0.39 is 0 Å². The Morgan fingerprint density at radius 1 is 1.30 bits per heavy atom. The first kappa shape index (κ1) is 14.1. The van der Waals surface area contributed by atoms with Gasteiger partial charge in [0.1, 0.15) is 5.75 Å². The molecule has 0 aliphatic carbocycles. The minimum Gasteiger partial charge on any atom is -0.508 e. The molecule has 0 atom stereocenters. The van der Waals surface area contributed by atoms with Gasteiger partial charge in [-0.2, -0.15) is 5.10 Å². The highest BCUT2D eigenvalue weighted by atomic mass is 32.2. The molecule has 0 saturated heterocycles. The Kier molecular flexibility index (Phi) is 5.14. The summed E-state index contributed by atoms with van der Waals surface area (Å²) < 4.78 is 0. The molecular weight excluding hydrogens is 274 g/mol. The van der Waals surface area contributed by atoms with Gasteiger partial charge < -0.3 is 5.11 Å². The monoisotopic (exact) mass is 287 g/mol. The van der Waals surface area contributed by atoms with Crippen LogP contribution in [0.25, 0.3) is 0 Å². The van der Waals surface area contributed by atoms with E-state index >= 15 is 0 Å². The van der Waals surface area contributed by atoms with E-state index in [0.29, 0.717) is 0 Å². The number of pyridine rings is 1. The van der Waals surface area contributed by atoms with E-state index in [-0.39, 0.29) is 17.4 Å². The van der Waals surface area contributed by atoms with E-state index in [9.17, 15) is 4.79 Å². The maximum Gasteiger partial charge on any atom is 0.250 e. The summed E-state index contributed by atoms with van der Waals surface area (Å²) in [7, 11) is 0. The molecule has 5 nitrogen and oxygen atoms in total. The van der Waals surface area contributed by atoms with Crippen molar-refractivity contribution in [3.8, 4) is 5.75 Å². The third kappa shape index (κ3) is 4.74. The first-order valence-electron chi connectivity index (χ1n) is 5.89. The fourth-order valence-corrected chi connectivity index (χ4v) is 2.00. The Labute approximate surface area is 120 Å². The summed E-state index contributed by atoms with van der Waals surface area (Å²) in [6, 6.07) is 12.1. The number of hydrogen-bond donors (Lipinski definition) is 2. The number of carbonyl (C=O) groups excluding carboxylic acids is 1. The van der Waals surface area contributed by atoms with Crippen molar-refractivity contribution in [1.82, 2.24) is 10.4 Å². The Bertz CT molecular complexity index is 585. The lowest BCUT2D eigenvalue weighted by atomic mass is 10.2. The van der Waals surface area contributed by atoms with Crippen molar-refractivity contribution < 1.29 is 9.90 Å². The largest absolute Gasteiger partial charge is 0.508 e. The number of hydrogen-bond acceptors (Lipinski definition) is 5. The van der Waals surface area contributed by atoms with Gasteiger partial charge in [0, 0.05) is 6.20 Å². The first-order valence-corrected chi connectivity index (χ1v) is 6.87. The molecule has 2 N–H and O–H groups in total. The molecule has 0 fully saturated rings. The van der Waals surface area contributed by atoms with Crippen molar-refractivity contribution in [2.75, 3.05) is 5.75 Å². The molecule has 0 unspecified atom stereocenters. The number of hydrazone groups is 1. The Hall–Kier alpha value is -2.34. The van der Waals surface area contributed by atoms with Gasteiger partial charge in [-0.15, -0.1) is 0 Å². The van der Waals surface area contributed by atoms with Gasteiger partial charge in [-0.1, -0.05) is 17.8 Å². The lowest BCUT2D eigenvalue weighted by Gasteiger charge is -1.99. The number of benzene rings is 1. The summed E-state index contributed by atoms with van der Waals surface area (Å²) >= 11 is 1.35. The molecule has 0 aliphatic rings. The molecule has 20 heavy (non-hydrogen) atoms. The van der Waals surface area contributed by atoms with Crippen molar-refractivity contribution in [2.24, 2.45) is 5.10 Å². The number of rotatable bonds is 5. The Morgan fingerprint density at radius 2 is 2.10 bits per heavy atom. The van der Waals surface area contributed by atoms with Crippen molar-refractivity contribution in [3.63, 3.8) is 0 Å². The lowest BCUT2D eigenvalue weighted by molar-refractivity contribution is -0.118. The molecule has 1 aromatic heterocycles. The lowest BCUT2D eigenvalue weighted by Crippen LogP contribution is -2.19. The van der Waals surface area contributed by atoms with Crippen molar-refractivity contribution >= 4 is 23.9 Å². The third-order valence-electron chi connectivity index (χ3n) is 2.28. The number of aromatic hydroxyl groups is 1. The summed E-state index contributed by atoms with van der Waals surface area (Å²) in [5.41, 5.74) is 3.23. The third-order valence-corrected chi connectivity index (χ3v) is 3.23. The van der Waals surface area contributed by atoms with E-state index in [2.05, 4.69) is 15.5 Å². The fourth-order valence-electron chi connectivity index (χ4n) is 1.34. The smallest absolute Gasteiger partial charge is 0.250 e. The molecule has 2 aromatic rings. The van der Waals surface area contributed by atoms with E-state index in [1.807, 2.05) is 18.2 Å². The minimum absolute atomic E-state index is 0.193. The van der Waals surface area contributed by atoms with Gasteiger partial charge in [0.05, 0.1) is 17.0 Å². The SMILES string of the molecule is O=C(CSc1ccccn1)NN=Cc1ccc(O)cc1. The topological polar surface area (TPSA) is 74.6 Å². The average Bonchev–Trinajstić information content (AvgIpc) is 2.48. The van der Waals surface area contributed by atoms with Crippen LogP contribution in [0.1, 0.15) is 5.56 Å². The number of aromatic nitrogens is 1. The van der Waals surface area contributed by atoms with E-state index in [1.54, 1.807) is 30.5 Å². The summed E-state index contributed by atoms with van der Waals surface area (Å²) in [6.07, 6.45) is 3.20. The fraction of sp³-hybridized carbons (Fsp3) is 0.0714. The highest BCUT2D eigenvalue weighted by molar-refractivity contribution is 7.99. The summed E-state index contributed by atoms with van der Waals surface area (Å²) in [6.45, 7) is 0. The average molecular weight is 287 g/mol. The van der Waals surface area contributed by atoms with Crippen LogP contribution in [-0.4, -0.2) is 28.0 Å². The second-order valence-electron chi connectivity index (χ2n) is 3.84. The molecule has 0 spiro atoms. The van der Waals surface area contributed by atoms with Gasteiger partial charge in [0.25, 0.3) is 0 Å². The predicted molar refractivity (Wildman–Crippen MR) is 78.8 cm³/mol. The van der Waals surface area contributed by atoms with Gasteiger partial charge in [-0.3, -0.25) is 4.79 Å². The van der Waals surface area contributed by atoms with E-state index in [0.717, 1.165) is 10.6 Å². The van der Waals surface area contributed by atoms with Crippen LogP contribution in [0, 0.1) is 0 Å². The molecule has 0 bridgehead atoms. The maximum atomic E-state index is 11.5. The summed E-state index contributed by atoms with van der Waals surface area (Å²) in [4.78, 5) is 15.7. The predicted octanol–water partition coefficient (Wildman–Crippen LogP) is 2.03. The van der Waals surface area contributed by atoms with E-state index in [4.69, 9.17) is 5.11 Å². The highest BCUT2D eigenvalue weighted by Gasteiger charge is 2.01. The second-order valence-corrected chi connectivity index (χ2v) is 4.84. The number of amides is 1. The quantitative estimate of drug-likeness (QED) is 0.501. The number of thioether (sulfide) groups is 1. The molecule has 2 rings (SSSR count). The standard InChI is InChI=1S/C14H13N3O2S/c18-12-6-4-11(5-7-12)9-16-17-13(19)10-20-14-3-1-2-8-15-14/h1-9,18H,10H2,(H,17,19). The molecule has 0 radical (unpaired) electrons. The van der Waals surface area contributed by atoms with Crippen LogP contribution in [0.3, 0.4) is 0 Å². The summed E-state index contributed by atoms with van der Waals surface area (Å²) in [5.74, 6) is 0.248. The van der Waals surface area contributed by atoms with Gasteiger partial charge in [-0.05, 0) is 42.0 Å². The number of nitrogens with one attached hydrogen (secondary N) is 1. The number of phenols is 1. The zero-order valence-electron chi connectivity index (χ0n) is 10.6. The maximum absolute atomic E-state index is 11.5. The normalized spacial score (nSPS) is 10.6. The zero-order valence-corrected chi connectivity index (χ0v) is 11.4. The summed E-state index contributed by atoms with van der Waals surface area (Å²) in [5, 5.41) is 13.8. The number of carbonyl (C=O) groups is 1. The molecule has 1 amide bonds. The molecule has 1 aromatic carbocycles.